The van der Waals surface area contributed by atoms with Gasteiger partial charge in [-0.25, -0.2) is 0 Å². The Kier molecular flexibility index (Phi) is 10.7. The Morgan fingerprint density at radius 1 is 1.14 bits per heavy atom. The minimum Gasteiger partial charge on any atom is -0.493 e. The minimum atomic E-state index is -0.875. The van der Waals surface area contributed by atoms with Crippen LogP contribution < -0.4 is 4.74 Å². The second kappa shape index (κ2) is 13.2. The fraction of sp³-hybridized carbons (Fsp3) is 0.704. The zero-order chi connectivity index (χ0) is 25.3. The predicted molar refractivity (Wildman–Crippen MR) is 143 cm³/mol. The van der Waals surface area contributed by atoms with Crippen molar-refractivity contribution < 1.29 is 29.3 Å². The van der Waals surface area contributed by atoms with Gasteiger partial charge in [-0.2, -0.15) is 11.8 Å². The van der Waals surface area contributed by atoms with Crippen LogP contribution in [0.15, 0.2) is 18.2 Å². The van der Waals surface area contributed by atoms with E-state index in [1.54, 1.807) is 11.8 Å². The second-order valence-corrected chi connectivity index (χ2v) is 12.5. The first-order valence-corrected chi connectivity index (χ1v) is 14.9. The summed E-state index contributed by atoms with van der Waals surface area (Å²) in [4.78, 5) is 21.8. The van der Waals surface area contributed by atoms with Crippen LogP contribution in [0.1, 0.15) is 82.8 Å². The number of fused-ring (bicyclic) bond motifs is 1. The molecule has 1 aliphatic carbocycles. The summed E-state index contributed by atoms with van der Waals surface area (Å²) in [6.07, 6.45) is 8.06. The topological polar surface area (TPSA) is 93.1 Å². The Balaban J connectivity index is 1.54. The number of hydrogen-bond donors (Lipinski definition) is 2. The van der Waals surface area contributed by atoms with Crippen LogP contribution in [0.4, 0.5) is 0 Å². The van der Waals surface area contributed by atoms with Crippen LogP contribution in [0.2, 0.25) is 0 Å². The summed E-state index contributed by atoms with van der Waals surface area (Å²) in [5.41, 5.74) is 2.83. The van der Waals surface area contributed by atoms with E-state index in [4.69, 9.17) is 9.47 Å². The molecule has 3 rings (SSSR count). The first-order chi connectivity index (χ1) is 16.8. The number of aliphatic carboxylic acids is 2. The van der Waals surface area contributed by atoms with Gasteiger partial charge in [-0.15, -0.1) is 11.8 Å². The molecular formula is C27H40O6S2. The van der Waals surface area contributed by atoms with E-state index in [0.717, 1.165) is 49.4 Å². The Hall–Kier alpha value is -1.38. The summed E-state index contributed by atoms with van der Waals surface area (Å²) in [6.45, 7) is 4.95. The molecule has 0 spiro atoms. The van der Waals surface area contributed by atoms with E-state index in [1.165, 1.54) is 24.0 Å². The van der Waals surface area contributed by atoms with Gasteiger partial charge < -0.3 is 19.7 Å². The molecule has 2 atom stereocenters. The van der Waals surface area contributed by atoms with Gasteiger partial charge in [0.2, 0.25) is 0 Å². The molecule has 0 radical (unpaired) electrons. The van der Waals surface area contributed by atoms with Crippen molar-refractivity contribution in [3.8, 4) is 5.75 Å². The van der Waals surface area contributed by atoms with Crippen LogP contribution in [0, 0.1) is 0 Å². The van der Waals surface area contributed by atoms with E-state index >= 15 is 0 Å². The molecular weight excluding hydrogens is 484 g/mol. The highest BCUT2D eigenvalue weighted by atomic mass is 32.2. The van der Waals surface area contributed by atoms with Crippen molar-refractivity contribution in [2.45, 2.75) is 100 Å². The van der Waals surface area contributed by atoms with Gasteiger partial charge in [-0.05, 0) is 80.7 Å². The maximum Gasteiger partial charge on any atom is 0.303 e. The Morgan fingerprint density at radius 2 is 1.86 bits per heavy atom. The van der Waals surface area contributed by atoms with E-state index in [2.05, 4.69) is 32.0 Å². The minimum absolute atomic E-state index is 0.0142. The molecule has 35 heavy (non-hydrogen) atoms. The summed E-state index contributed by atoms with van der Waals surface area (Å²) in [6, 6.07) is 6.41. The van der Waals surface area contributed by atoms with E-state index in [0.29, 0.717) is 19.4 Å². The molecule has 0 saturated carbocycles. The lowest BCUT2D eigenvalue weighted by Crippen LogP contribution is -2.37. The van der Waals surface area contributed by atoms with Gasteiger partial charge in [-0.1, -0.05) is 26.0 Å². The lowest BCUT2D eigenvalue weighted by molar-refractivity contribution is -0.139. The summed E-state index contributed by atoms with van der Waals surface area (Å²) >= 11 is 3.59. The van der Waals surface area contributed by atoms with Crippen LogP contribution >= 0.6 is 23.5 Å². The fourth-order valence-electron chi connectivity index (χ4n) is 5.22. The van der Waals surface area contributed by atoms with Crippen molar-refractivity contribution >= 4 is 35.5 Å². The lowest BCUT2D eigenvalue weighted by atomic mass is 9.91. The summed E-state index contributed by atoms with van der Waals surface area (Å²) in [7, 11) is 0. The van der Waals surface area contributed by atoms with E-state index in [9.17, 15) is 19.8 Å². The van der Waals surface area contributed by atoms with Crippen molar-refractivity contribution in [3.63, 3.8) is 0 Å². The van der Waals surface area contributed by atoms with Gasteiger partial charge in [-0.3, -0.25) is 9.59 Å². The molecule has 6 nitrogen and oxygen atoms in total. The van der Waals surface area contributed by atoms with E-state index in [-0.39, 0.29) is 23.7 Å². The van der Waals surface area contributed by atoms with Gasteiger partial charge >= 0.3 is 11.9 Å². The zero-order valence-corrected chi connectivity index (χ0v) is 22.7. The number of hydrogen-bond acceptors (Lipinski definition) is 6. The molecule has 196 valence electrons. The van der Waals surface area contributed by atoms with Crippen molar-refractivity contribution in [1.29, 1.82) is 0 Å². The van der Waals surface area contributed by atoms with E-state index < -0.39 is 16.9 Å². The third-order valence-electron chi connectivity index (χ3n) is 7.13. The van der Waals surface area contributed by atoms with Gasteiger partial charge in [0.05, 0.1) is 17.5 Å². The highest BCUT2D eigenvalue weighted by Crippen LogP contribution is 2.57. The van der Waals surface area contributed by atoms with Crippen LogP contribution in [0.3, 0.4) is 0 Å². The van der Waals surface area contributed by atoms with Gasteiger partial charge in [0.15, 0.2) is 0 Å². The number of carboxylic acids is 2. The number of ether oxygens (including phenoxy) is 2. The molecule has 2 aliphatic rings. The third-order valence-corrected chi connectivity index (χ3v) is 10.6. The third kappa shape index (κ3) is 7.56. The predicted octanol–water partition coefficient (Wildman–Crippen LogP) is 6.18. The molecule has 8 heteroatoms. The maximum absolute atomic E-state index is 11.3. The number of aryl methyl sites for hydroxylation is 1. The van der Waals surface area contributed by atoms with Crippen LogP contribution in [-0.4, -0.2) is 56.0 Å². The Labute approximate surface area is 217 Å². The fourth-order valence-corrected chi connectivity index (χ4v) is 8.71. The smallest absolute Gasteiger partial charge is 0.303 e. The van der Waals surface area contributed by atoms with E-state index in [1.807, 2.05) is 11.8 Å². The Morgan fingerprint density at radius 3 is 2.51 bits per heavy atom. The molecule has 0 amide bonds. The highest BCUT2D eigenvalue weighted by Gasteiger charge is 2.54. The molecule has 1 saturated heterocycles. The quantitative estimate of drug-likeness (QED) is 0.263. The molecule has 1 fully saturated rings. The molecule has 1 aliphatic heterocycles. The molecule has 0 bridgehead atoms. The number of carbonyl (C=O) groups is 2. The molecule has 2 N–H and O–H groups in total. The van der Waals surface area contributed by atoms with Crippen molar-refractivity contribution in [2.75, 3.05) is 18.1 Å². The molecule has 2 unspecified atom stereocenters. The monoisotopic (exact) mass is 524 g/mol. The average Bonchev–Trinajstić information content (AvgIpc) is 3.18. The molecule has 1 heterocycles. The second-order valence-electron chi connectivity index (χ2n) is 9.59. The summed E-state index contributed by atoms with van der Waals surface area (Å²) in [5, 5.41) is 18.5. The number of carboxylic acid groups (broad SMARTS) is 2. The highest BCUT2D eigenvalue weighted by molar-refractivity contribution is 8.04. The molecule has 1 aromatic carbocycles. The number of rotatable bonds is 15. The van der Waals surface area contributed by atoms with Crippen molar-refractivity contribution in [1.82, 2.24) is 0 Å². The largest absolute Gasteiger partial charge is 0.493 e. The standard InChI is InChI=1S/C27H40O6S2/c1-3-23-26(4-2,35-27(33-23,15-13-24(28)29)16-14-25(30)31)19-34-18-8-17-32-22-12-7-10-20-9-5-6-11-21(20)22/h7,10,12,23H,3-6,8-9,11,13-19H2,1-2H3,(H,28,29)(H,30,31). The number of benzene rings is 1. The molecule has 1 aromatic rings. The maximum atomic E-state index is 11.3. The van der Waals surface area contributed by atoms with Crippen LogP contribution in [0.25, 0.3) is 0 Å². The summed E-state index contributed by atoms with van der Waals surface area (Å²) < 4.78 is 12.5. The SMILES string of the molecule is CCC1OC(CCC(=O)O)(CCC(=O)O)SC1(CC)CSCCCOc1cccc2c1CCCC2. The van der Waals surface area contributed by atoms with Gasteiger partial charge in [0.25, 0.3) is 0 Å². The van der Waals surface area contributed by atoms with Gasteiger partial charge in [0, 0.05) is 18.6 Å². The van der Waals surface area contributed by atoms with Crippen molar-refractivity contribution in [2.24, 2.45) is 0 Å². The van der Waals surface area contributed by atoms with Gasteiger partial charge in [0.1, 0.15) is 10.7 Å². The normalized spacial score (nSPS) is 23.1. The summed E-state index contributed by atoms with van der Waals surface area (Å²) in [5.74, 6) is 1.17. The van der Waals surface area contributed by atoms with Crippen LogP contribution in [0.5, 0.6) is 5.75 Å². The Bertz CT molecular complexity index is 842. The zero-order valence-electron chi connectivity index (χ0n) is 21.1. The number of thioether (sulfide) groups is 2. The van der Waals surface area contributed by atoms with Crippen LogP contribution in [-0.2, 0) is 27.2 Å². The lowest BCUT2D eigenvalue weighted by Gasteiger charge is -2.32. The first kappa shape index (κ1) is 28.2. The molecule has 0 aromatic heterocycles. The van der Waals surface area contributed by atoms with Crippen molar-refractivity contribution in [3.05, 3.63) is 29.3 Å². The first-order valence-electron chi connectivity index (χ1n) is 13.0. The average molecular weight is 525 g/mol.